The first kappa shape index (κ1) is 22.1. The quantitative estimate of drug-likeness (QED) is 0.499. The number of rotatable bonds is 8. The van der Waals surface area contributed by atoms with Crippen molar-refractivity contribution in [2.75, 3.05) is 44.7 Å². The molecule has 8 nitrogen and oxygen atoms in total. The van der Waals surface area contributed by atoms with E-state index in [0.29, 0.717) is 17.8 Å². The molecule has 0 radical (unpaired) electrons. The Kier molecular flexibility index (Phi) is 6.90. The Morgan fingerprint density at radius 1 is 1.09 bits per heavy atom. The molecule has 0 aromatic heterocycles. The van der Waals surface area contributed by atoms with Gasteiger partial charge in [-0.25, -0.2) is 0 Å². The summed E-state index contributed by atoms with van der Waals surface area (Å²) >= 11 is 0. The molecular formula is C24H30N4O4. The summed E-state index contributed by atoms with van der Waals surface area (Å²) in [5.74, 6) is 0.490. The third-order valence-corrected chi connectivity index (χ3v) is 6.42. The number of hydrogen-bond acceptors (Lipinski definition) is 6. The zero-order valence-electron chi connectivity index (χ0n) is 18.5. The Balaban J connectivity index is 1.53. The van der Waals surface area contributed by atoms with Crippen LogP contribution in [-0.4, -0.2) is 55.6 Å². The maximum absolute atomic E-state index is 13.0. The molecule has 1 amide bonds. The predicted molar refractivity (Wildman–Crippen MR) is 123 cm³/mol. The summed E-state index contributed by atoms with van der Waals surface area (Å²) in [6, 6.07) is 12.6. The number of likely N-dealkylation sites (tertiary alicyclic amines) is 1. The predicted octanol–water partition coefficient (Wildman–Crippen LogP) is 3.77. The molecule has 0 saturated carbocycles. The van der Waals surface area contributed by atoms with Gasteiger partial charge in [0.2, 0.25) is 0 Å². The lowest BCUT2D eigenvalue weighted by Gasteiger charge is -2.29. The Labute approximate surface area is 188 Å². The second kappa shape index (κ2) is 9.99. The summed E-state index contributed by atoms with van der Waals surface area (Å²) in [5.41, 5.74) is 1.92. The average molecular weight is 439 g/mol. The minimum absolute atomic E-state index is 0.0135. The molecule has 0 bridgehead atoms. The van der Waals surface area contributed by atoms with E-state index in [4.69, 9.17) is 4.74 Å². The molecule has 2 saturated heterocycles. The highest BCUT2D eigenvalue weighted by molar-refractivity contribution is 5.95. The van der Waals surface area contributed by atoms with Crippen molar-refractivity contribution in [2.45, 2.75) is 31.7 Å². The molecule has 2 aliphatic heterocycles. The van der Waals surface area contributed by atoms with Gasteiger partial charge in [0.1, 0.15) is 11.4 Å². The first-order chi connectivity index (χ1) is 15.6. The van der Waals surface area contributed by atoms with Crippen molar-refractivity contribution >= 4 is 17.3 Å². The number of ether oxygens (including phenoxy) is 1. The average Bonchev–Trinajstić information content (AvgIpc) is 3.54. The van der Waals surface area contributed by atoms with Crippen LogP contribution in [0.15, 0.2) is 42.5 Å². The number of anilines is 1. The van der Waals surface area contributed by atoms with Gasteiger partial charge in [-0.15, -0.1) is 0 Å². The maximum atomic E-state index is 13.0. The molecule has 8 heteroatoms. The lowest BCUT2D eigenvalue weighted by molar-refractivity contribution is -0.384. The van der Waals surface area contributed by atoms with Gasteiger partial charge in [-0.05, 0) is 57.0 Å². The zero-order chi connectivity index (χ0) is 22.5. The highest BCUT2D eigenvalue weighted by Crippen LogP contribution is 2.33. The van der Waals surface area contributed by atoms with E-state index in [2.05, 4.69) is 10.2 Å². The number of nitrogens with one attached hydrogen (secondary N) is 1. The third kappa shape index (κ3) is 4.70. The number of hydrogen-bond donors (Lipinski definition) is 1. The lowest BCUT2D eigenvalue weighted by Crippen LogP contribution is -2.37. The van der Waals surface area contributed by atoms with Gasteiger partial charge in [0.25, 0.3) is 11.6 Å². The summed E-state index contributed by atoms with van der Waals surface area (Å²) in [7, 11) is 1.65. The number of benzene rings is 2. The van der Waals surface area contributed by atoms with Crippen molar-refractivity contribution in [1.82, 2.24) is 10.2 Å². The summed E-state index contributed by atoms with van der Waals surface area (Å²) in [6.45, 7) is 3.95. The van der Waals surface area contributed by atoms with Crippen molar-refractivity contribution in [1.29, 1.82) is 0 Å². The van der Waals surface area contributed by atoms with Crippen molar-refractivity contribution in [3.8, 4) is 5.75 Å². The molecule has 170 valence electrons. The van der Waals surface area contributed by atoms with E-state index in [1.165, 1.54) is 6.07 Å². The van der Waals surface area contributed by atoms with Gasteiger partial charge < -0.3 is 15.0 Å². The van der Waals surface area contributed by atoms with E-state index in [1.54, 1.807) is 19.2 Å². The molecular weight excluding hydrogens is 408 g/mol. The number of nitrogens with zero attached hydrogens (tertiary/aromatic N) is 3. The van der Waals surface area contributed by atoms with Crippen molar-refractivity contribution < 1.29 is 14.5 Å². The number of amides is 1. The van der Waals surface area contributed by atoms with Gasteiger partial charge in [0, 0.05) is 36.8 Å². The number of para-hydroxylation sites is 1. The first-order valence-electron chi connectivity index (χ1n) is 11.3. The van der Waals surface area contributed by atoms with Crippen LogP contribution in [0.1, 0.15) is 47.6 Å². The van der Waals surface area contributed by atoms with Crippen LogP contribution in [0, 0.1) is 10.1 Å². The second-order valence-corrected chi connectivity index (χ2v) is 8.37. The van der Waals surface area contributed by atoms with E-state index >= 15 is 0 Å². The van der Waals surface area contributed by atoms with Crippen LogP contribution in [0.2, 0.25) is 0 Å². The van der Waals surface area contributed by atoms with E-state index < -0.39 is 4.92 Å². The first-order valence-corrected chi connectivity index (χ1v) is 11.3. The highest BCUT2D eigenvalue weighted by Gasteiger charge is 2.27. The molecule has 0 aliphatic carbocycles. The van der Waals surface area contributed by atoms with Gasteiger partial charge in [0.15, 0.2) is 0 Å². The molecule has 2 aliphatic rings. The molecule has 2 fully saturated rings. The van der Waals surface area contributed by atoms with Crippen molar-refractivity contribution in [2.24, 2.45) is 0 Å². The summed E-state index contributed by atoms with van der Waals surface area (Å²) in [6.07, 6.45) is 4.31. The van der Waals surface area contributed by atoms with E-state index in [1.807, 2.05) is 29.2 Å². The van der Waals surface area contributed by atoms with Gasteiger partial charge >= 0.3 is 0 Å². The SMILES string of the molecule is COc1ccccc1C(CNC(=O)c1ccc(N2CCCC2)c([N+](=O)[O-])c1)N1CCCC1. The minimum atomic E-state index is -0.397. The Hall–Kier alpha value is -3.13. The molecule has 2 aromatic rings. The van der Waals surface area contributed by atoms with Crippen LogP contribution < -0.4 is 15.0 Å². The number of nitro benzene ring substituents is 1. The zero-order valence-corrected chi connectivity index (χ0v) is 18.5. The Bertz CT molecular complexity index is 968. The molecule has 2 heterocycles. The van der Waals surface area contributed by atoms with Gasteiger partial charge in [0.05, 0.1) is 18.1 Å². The molecule has 32 heavy (non-hydrogen) atoms. The highest BCUT2D eigenvalue weighted by atomic mass is 16.6. The number of nitro groups is 1. The minimum Gasteiger partial charge on any atom is -0.496 e. The van der Waals surface area contributed by atoms with E-state index in [0.717, 1.165) is 63.2 Å². The fraction of sp³-hybridized carbons (Fsp3) is 0.458. The van der Waals surface area contributed by atoms with Crippen molar-refractivity contribution in [3.63, 3.8) is 0 Å². The standard InChI is InChI=1S/C24H30N4O4/c1-32-23-9-3-2-8-19(23)22(27-14-6-7-15-27)17-25-24(29)18-10-11-20(21(16-18)28(30)31)26-12-4-5-13-26/h2-3,8-11,16,22H,4-7,12-15,17H2,1H3,(H,25,29). The Morgan fingerprint density at radius 3 is 2.47 bits per heavy atom. The normalized spacial score (nSPS) is 17.3. The molecule has 0 spiro atoms. The van der Waals surface area contributed by atoms with Crippen LogP contribution in [0.4, 0.5) is 11.4 Å². The van der Waals surface area contributed by atoms with Crippen LogP contribution in [-0.2, 0) is 0 Å². The number of carbonyl (C=O) groups excluding carboxylic acids is 1. The topological polar surface area (TPSA) is 87.9 Å². The second-order valence-electron chi connectivity index (χ2n) is 8.37. The van der Waals surface area contributed by atoms with Crippen molar-refractivity contribution in [3.05, 3.63) is 63.7 Å². The smallest absolute Gasteiger partial charge is 0.293 e. The van der Waals surface area contributed by atoms with Crippen LogP contribution in [0.3, 0.4) is 0 Å². The van der Waals surface area contributed by atoms with E-state index in [-0.39, 0.29) is 17.6 Å². The fourth-order valence-electron chi connectivity index (χ4n) is 4.76. The largest absolute Gasteiger partial charge is 0.496 e. The van der Waals surface area contributed by atoms with Crippen LogP contribution in [0.5, 0.6) is 5.75 Å². The monoisotopic (exact) mass is 438 g/mol. The molecule has 2 aromatic carbocycles. The summed E-state index contributed by atoms with van der Waals surface area (Å²) in [4.78, 5) is 28.6. The summed E-state index contributed by atoms with van der Waals surface area (Å²) < 4.78 is 5.56. The fourth-order valence-corrected chi connectivity index (χ4v) is 4.76. The molecule has 4 rings (SSSR count). The Morgan fingerprint density at radius 2 is 1.78 bits per heavy atom. The number of methoxy groups -OCH3 is 1. The van der Waals surface area contributed by atoms with Crippen LogP contribution in [0.25, 0.3) is 0 Å². The van der Waals surface area contributed by atoms with Crippen LogP contribution >= 0.6 is 0 Å². The maximum Gasteiger partial charge on any atom is 0.293 e. The van der Waals surface area contributed by atoms with Gasteiger partial charge in [-0.1, -0.05) is 18.2 Å². The molecule has 1 N–H and O–H groups in total. The summed E-state index contributed by atoms with van der Waals surface area (Å²) in [5, 5.41) is 14.7. The molecule has 1 unspecified atom stereocenters. The molecule has 1 atom stereocenters. The lowest BCUT2D eigenvalue weighted by atomic mass is 10.0. The third-order valence-electron chi connectivity index (χ3n) is 6.42. The van der Waals surface area contributed by atoms with E-state index in [9.17, 15) is 14.9 Å². The van der Waals surface area contributed by atoms with Gasteiger partial charge in [-0.2, -0.15) is 0 Å². The van der Waals surface area contributed by atoms with Gasteiger partial charge in [-0.3, -0.25) is 19.8 Å². The number of carbonyl (C=O) groups is 1.